The topological polar surface area (TPSA) is 72.9 Å². The summed E-state index contributed by atoms with van der Waals surface area (Å²) in [5, 5.41) is 11.5. The molecule has 0 spiro atoms. The van der Waals surface area contributed by atoms with E-state index < -0.39 is 5.54 Å². The van der Waals surface area contributed by atoms with Crippen LogP contribution in [0.5, 0.6) is 0 Å². The fourth-order valence-electron chi connectivity index (χ4n) is 2.15. The van der Waals surface area contributed by atoms with Crippen LogP contribution in [0.1, 0.15) is 34.1 Å². The van der Waals surface area contributed by atoms with Crippen molar-refractivity contribution in [2.75, 3.05) is 26.2 Å². The Morgan fingerprint density at radius 2 is 1.95 bits per heavy atom. The van der Waals surface area contributed by atoms with Gasteiger partial charge in [0.05, 0.1) is 0 Å². The SMILES string of the molecule is CC(C)N(CCCO)CCN1C(=O)NC(C)(C)C1=O. The lowest BCUT2D eigenvalue weighted by Crippen LogP contribution is -2.43. The van der Waals surface area contributed by atoms with Crippen LogP contribution in [0.3, 0.4) is 0 Å². The minimum absolute atomic E-state index is 0.152. The van der Waals surface area contributed by atoms with Crippen molar-refractivity contribution in [1.82, 2.24) is 15.1 Å². The van der Waals surface area contributed by atoms with Gasteiger partial charge in [0.15, 0.2) is 0 Å². The number of aliphatic hydroxyl groups is 1. The lowest BCUT2D eigenvalue weighted by atomic mass is 10.1. The largest absolute Gasteiger partial charge is 0.396 e. The van der Waals surface area contributed by atoms with Crippen LogP contribution in [-0.2, 0) is 4.79 Å². The van der Waals surface area contributed by atoms with E-state index in [1.807, 2.05) is 0 Å². The van der Waals surface area contributed by atoms with Crippen LogP contribution in [-0.4, -0.2) is 64.7 Å². The number of hydrogen-bond donors (Lipinski definition) is 2. The molecule has 0 aromatic heterocycles. The Morgan fingerprint density at radius 1 is 1.32 bits per heavy atom. The average molecular weight is 271 g/mol. The molecule has 1 fully saturated rings. The highest BCUT2D eigenvalue weighted by Crippen LogP contribution is 2.16. The molecule has 0 radical (unpaired) electrons. The Morgan fingerprint density at radius 3 is 2.37 bits per heavy atom. The highest BCUT2D eigenvalue weighted by Gasteiger charge is 2.43. The zero-order chi connectivity index (χ0) is 14.6. The van der Waals surface area contributed by atoms with Gasteiger partial charge in [-0.1, -0.05) is 0 Å². The van der Waals surface area contributed by atoms with Crippen molar-refractivity contribution in [3.05, 3.63) is 0 Å². The second-order valence-corrected chi connectivity index (χ2v) is 5.72. The van der Waals surface area contributed by atoms with E-state index >= 15 is 0 Å². The molecule has 1 rings (SSSR count). The molecule has 6 nitrogen and oxygen atoms in total. The van der Waals surface area contributed by atoms with E-state index in [1.165, 1.54) is 4.90 Å². The number of carbonyl (C=O) groups excluding carboxylic acids is 2. The van der Waals surface area contributed by atoms with Gasteiger partial charge in [-0.05, 0) is 34.1 Å². The molecule has 0 bridgehead atoms. The van der Waals surface area contributed by atoms with Crippen LogP contribution >= 0.6 is 0 Å². The fraction of sp³-hybridized carbons (Fsp3) is 0.846. The Labute approximate surface area is 114 Å². The average Bonchev–Trinajstić information content (AvgIpc) is 2.49. The van der Waals surface area contributed by atoms with Gasteiger partial charge in [0, 0.05) is 32.3 Å². The van der Waals surface area contributed by atoms with Gasteiger partial charge in [-0.15, -0.1) is 0 Å². The summed E-state index contributed by atoms with van der Waals surface area (Å²) >= 11 is 0. The molecule has 1 aliphatic heterocycles. The molecule has 0 unspecified atom stereocenters. The number of nitrogens with zero attached hydrogens (tertiary/aromatic N) is 2. The van der Waals surface area contributed by atoms with Gasteiger partial charge in [0.25, 0.3) is 5.91 Å². The number of aliphatic hydroxyl groups excluding tert-OH is 1. The first-order valence-corrected chi connectivity index (χ1v) is 6.78. The Kier molecular flexibility index (Phi) is 5.31. The van der Waals surface area contributed by atoms with E-state index in [1.54, 1.807) is 13.8 Å². The fourth-order valence-corrected chi connectivity index (χ4v) is 2.15. The summed E-state index contributed by atoms with van der Waals surface area (Å²) in [5.74, 6) is -0.177. The van der Waals surface area contributed by atoms with Crippen LogP contribution in [0, 0.1) is 0 Å². The first-order chi connectivity index (χ1) is 8.79. The van der Waals surface area contributed by atoms with Crippen molar-refractivity contribution in [2.24, 2.45) is 0 Å². The summed E-state index contributed by atoms with van der Waals surface area (Å²) in [6.07, 6.45) is 0.698. The molecule has 0 aliphatic carbocycles. The number of rotatable bonds is 7. The van der Waals surface area contributed by atoms with E-state index in [4.69, 9.17) is 5.11 Å². The summed E-state index contributed by atoms with van der Waals surface area (Å²) in [5.41, 5.74) is -0.801. The van der Waals surface area contributed by atoms with Gasteiger partial charge in [0.2, 0.25) is 0 Å². The van der Waals surface area contributed by atoms with Gasteiger partial charge < -0.3 is 10.4 Å². The van der Waals surface area contributed by atoms with Crippen molar-refractivity contribution >= 4 is 11.9 Å². The smallest absolute Gasteiger partial charge is 0.325 e. The number of imide groups is 1. The summed E-state index contributed by atoms with van der Waals surface area (Å²) in [4.78, 5) is 27.2. The van der Waals surface area contributed by atoms with Crippen molar-refractivity contribution in [3.8, 4) is 0 Å². The Balaban J connectivity index is 2.55. The van der Waals surface area contributed by atoms with Gasteiger partial charge in [-0.25, -0.2) is 4.79 Å². The van der Waals surface area contributed by atoms with Gasteiger partial charge >= 0.3 is 6.03 Å². The molecule has 0 aromatic carbocycles. The lowest BCUT2D eigenvalue weighted by molar-refractivity contribution is -0.130. The van der Waals surface area contributed by atoms with Gasteiger partial charge in [-0.3, -0.25) is 14.6 Å². The van der Waals surface area contributed by atoms with Crippen LogP contribution in [0.4, 0.5) is 4.79 Å². The Bertz CT molecular complexity index is 342. The van der Waals surface area contributed by atoms with Crippen LogP contribution < -0.4 is 5.32 Å². The lowest BCUT2D eigenvalue weighted by Gasteiger charge is -2.27. The zero-order valence-corrected chi connectivity index (χ0v) is 12.3. The number of amides is 3. The van der Waals surface area contributed by atoms with Crippen LogP contribution in [0.2, 0.25) is 0 Å². The van der Waals surface area contributed by atoms with Crippen molar-refractivity contribution < 1.29 is 14.7 Å². The molecule has 0 aromatic rings. The number of urea groups is 1. The maximum absolute atomic E-state index is 12.0. The van der Waals surface area contributed by atoms with Crippen molar-refractivity contribution in [1.29, 1.82) is 0 Å². The highest BCUT2D eigenvalue weighted by atomic mass is 16.3. The Hall–Kier alpha value is -1.14. The number of hydrogen-bond acceptors (Lipinski definition) is 4. The maximum Gasteiger partial charge on any atom is 0.325 e. The standard InChI is InChI=1S/C13H25N3O3/c1-10(2)15(6-5-9-17)7-8-16-11(18)13(3,4)14-12(16)19/h10,17H,5-9H2,1-4H3,(H,14,19). The molecule has 19 heavy (non-hydrogen) atoms. The third-order valence-corrected chi connectivity index (χ3v) is 3.39. The van der Waals surface area contributed by atoms with Crippen LogP contribution in [0.15, 0.2) is 0 Å². The molecule has 1 heterocycles. The summed E-state index contributed by atoms with van der Waals surface area (Å²) < 4.78 is 0. The predicted octanol–water partition coefficient (Wildman–Crippen LogP) is 0.410. The maximum atomic E-state index is 12.0. The van der Waals surface area contributed by atoms with Crippen molar-refractivity contribution in [3.63, 3.8) is 0 Å². The summed E-state index contributed by atoms with van der Waals surface area (Å²) in [7, 11) is 0. The molecule has 1 saturated heterocycles. The summed E-state index contributed by atoms with van der Waals surface area (Å²) in [6.45, 7) is 9.48. The second-order valence-electron chi connectivity index (χ2n) is 5.72. The first kappa shape index (κ1) is 15.9. The zero-order valence-electron chi connectivity index (χ0n) is 12.3. The number of carbonyl (C=O) groups is 2. The molecule has 0 saturated carbocycles. The van der Waals surface area contributed by atoms with E-state index in [2.05, 4.69) is 24.1 Å². The van der Waals surface area contributed by atoms with Gasteiger partial charge in [0.1, 0.15) is 5.54 Å². The third kappa shape index (κ3) is 3.91. The molecular formula is C13H25N3O3. The molecule has 1 aliphatic rings. The third-order valence-electron chi connectivity index (χ3n) is 3.39. The van der Waals surface area contributed by atoms with E-state index in [0.717, 1.165) is 6.54 Å². The van der Waals surface area contributed by atoms with E-state index in [-0.39, 0.29) is 18.5 Å². The monoisotopic (exact) mass is 271 g/mol. The minimum atomic E-state index is -0.801. The molecule has 2 N–H and O–H groups in total. The van der Waals surface area contributed by atoms with E-state index in [9.17, 15) is 9.59 Å². The second kappa shape index (κ2) is 6.34. The minimum Gasteiger partial charge on any atom is -0.396 e. The molecule has 110 valence electrons. The van der Waals surface area contributed by atoms with Crippen LogP contribution in [0.25, 0.3) is 0 Å². The van der Waals surface area contributed by atoms with Crippen molar-refractivity contribution in [2.45, 2.75) is 45.7 Å². The molecule has 3 amide bonds. The summed E-state index contributed by atoms with van der Waals surface area (Å²) in [6, 6.07) is 0.00110. The highest BCUT2D eigenvalue weighted by molar-refractivity contribution is 6.06. The molecular weight excluding hydrogens is 246 g/mol. The predicted molar refractivity (Wildman–Crippen MR) is 72.7 cm³/mol. The molecule has 6 heteroatoms. The first-order valence-electron chi connectivity index (χ1n) is 6.78. The molecule has 0 atom stereocenters. The normalized spacial score (nSPS) is 18.6. The number of nitrogens with one attached hydrogen (secondary N) is 1. The van der Waals surface area contributed by atoms with Gasteiger partial charge in [-0.2, -0.15) is 0 Å². The quantitative estimate of drug-likeness (QED) is 0.658. The van der Waals surface area contributed by atoms with E-state index in [0.29, 0.717) is 25.6 Å².